The van der Waals surface area contributed by atoms with Gasteiger partial charge in [0.2, 0.25) is 0 Å². The highest BCUT2D eigenvalue weighted by molar-refractivity contribution is 9.10. The van der Waals surface area contributed by atoms with Crippen LogP contribution in [0.1, 0.15) is 20.7 Å². The fourth-order valence-electron chi connectivity index (χ4n) is 1.80. The molecule has 0 fully saturated rings. The van der Waals surface area contributed by atoms with Gasteiger partial charge in [-0.3, -0.25) is 4.79 Å². The van der Waals surface area contributed by atoms with Crippen molar-refractivity contribution in [1.82, 2.24) is 4.72 Å². The smallest absolute Gasteiger partial charge is 0.337 e. The van der Waals surface area contributed by atoms with Crippen LogP contribution in [0.15, 0.2) is 51.8 Å². The van der Waals surface area contributed by atoms with E-state index in [4.69, 9.17) is 11.6 Å². The zero-order chi connectivity index (χ0) is 17.9. The summed E-state index contributed by atoms with van der Waals surface area (Å²) in [6, 6.07) is 9.36. The average Bonchev–Trinajstić information content (AvgIpc) is 2.53. The summed E-state index contributed by atoms with van der Waals surface area (Å²) in [7, 11) is -2.87. The zero-order valence-corrected chi connectivity index (χ0v) is 15.4. The molecule has 0 radical (unpaired) electrons. The minimum absolute atomic E-state index is 0.120. The summed E-state index contributed by atoms with van der Waals surface area (Å²) >= 11 is 8.94. The van der Waals surface area contributed by atoms with Crippen LogP contribution in [0.4, 0.5) is 0 Å². The van der Waals surface area contributed by atoms with Crippen LogP contribution in [0.3, 0.4) is 0 Å². The molecule has 0 heterocycles. The van der Waals surface area contributed by atoms with E-state index in [0.717, 1.165) is 0 Å². The van der Waals surface area contributed by atoms with Crippen LogP contribution in [0.25, 0.3) is 0 Å². The van der Waals surface area contributed by atoms with Gasteiger partial charge in [0, 0.05) is 9.50 Å². The van der Waals surface area contributed by atoms with Crippen molar-refractivity contribution >= 4 is 49.4 Å². The van der Waals surface area contributed by atoms with Crippen molar-refractivity contribution < 1.29 is 22.7 Å². The highest BCUT2D eigenvalue weighted by atomic mass is 79.9. The number of methoxy groups -OCH3 is 1. The van der Waals surface area contributed by atoms with Gasteiger partial charge in [-0.25, -0.2) is 17.9 Å². The number of nitrogens with one attached hydrogen (secondary N) is 1. The van der Waals surface area contributed by atoms with Gasteiger partial charge in [0.1, 0.15) is 0 Å². The molecular weight excluding hydrogens is 422 g/mol. The van der Waals surface area contributed by atoms with Crippen molar-refractivity contribution in [2.75, 3.05) is 7.11 Å². The van der Waals surface area contributed by atoms with Gasteiger partial charge in [0.05, 0.1) is 23.1 Å². The molecule has 0 aromatic heterocycles. The molecule has 2 aromatic rings. The molecule has 6 nitrogen and oxygen atoms in total. The molecule has 0 aliphatic rings. The third-order valence-corrected chi connectivity index (χ3v) is 5.23. The van der Waals surface area contributed by atoms with Crippen molar-refractivity contribution in [3.05, 3.63) is 63.1 Å². The Hall–Kier alpha value is -1.90. The zero-order valence-electron chi connectivity index (χ0n) is 12.2. The van der Waals surface area contributed by atoms with Crippen LogP contribution in [-0.4, -0.2) is 27.4 Å². The molecule has 0 aliphatic carbocycles. The maximum Gasteiger partial charge on any atom is 0.337 e. The summed E-state index contributed by atoms with van der Waals surface area (Å²) in [5.41, 5.74) is 0.317. The Kier molecular flexibility index (Phi) is 5.63. The summed E-state index contributed by atoms with van der Waals surface area (Å²) in [4.78, 5) is 23.3. The standard InChI is InChI=1S/C15H11BrClNO5S/c1-23-15(20)9-2-5-11(6-3-9)24(21,22)18-14(19)12-7-4-10(17)8-13(12)16/h2-8H,1H3,(H,18,19). The highest BCUT2D eigenvalue weighted by Crippen LogP contribution is 2.22. The number of amides is 1. The molecule has 24 heavy (non-hydrogen) atoms. The quantitative estimate of drug-likeness (QED) is 0.750. The van der Waals surface area contributed by atoms with E-state index >= 15 is 0 Å². The Labute approximate surface area is 152 Å². The van der Waals surface area contributed by atoms with Crippen molar-refractivity contribution in [1.29, 1.82) is 0 Å². The number of esters is 1. The summed E-state index contributed by atoms with van der Waals surface area (Å²) < 4.78 is 31.4. The number of halogens is 2. The van der Waals surface area contributed by atoms with Gasteiger partial charge in [-0.15, -0.1) is 0 Å². The van der Waals surface area contributed by atoms with Gasteiger partial charge >= 0.3 is 5.97 Å². The first-order valence-electron chi connectivity index (χ1n) is 6.45. The van der Waals surface area contributed by atoms with Crippen molar-refractivity contribution in [3.8, 4) is 0 Å². The van der Waals surface area contributed by atoms with Crippen molar-refractivity contribution in [2.45, 2.75) is 4.90 Å². The number of hydrogen-bond acceptors (Lipinski definition) is 5. The number of carbonyl (C=O) groups excluding carboxylic acids is 2. The predicted octanol–water partition coefficient (Wildman–Crippen LogP) is 3.01. The van der Waals surface area contributed by atoms with Crippen molar-refractivity contribution in [3.63, 3.8) is 0 Å². The largest absolute Gasteiger partial charge is 0.465 e. The first-order valence-corrected chi connectivity index (χ1v) is 9.10. The normalized spacial score (nSPS) is 11.0. The molecule has 9 heteroatoms. The van der Waals surface area contributed by atoms with Gasteiger partial charge in [0.15, 0.2) is 0 Å². The van der Waals surface area contributed by atoms with E-state index in [0.29, 0.717) is 9.50 Å². The van der Waals surface area contributed by atoms with Gasteiger partial charge in [0.25, 0.3) is 15.9 Å². The molecule has 2 rings (SSSR count). The third kappa shape index (κ3) is 4.14. The fourth-order valence-corrected chi connectivity index (χ4v) is 3.63. The molecule has 1 N–H and O–H groups in total. The van der Waals surface area contributed by atoms with Gasteiger partial charge in [-0.05, 0) is 58.4 Å². The molecule has 0 atom stereocenters. The second-order valence-electron chi connectivity index (χ2n) is 4.57. The molecule has 0 saturated heterocycles. The van der Waals surface area contributed by atoms with Crippen LogP contribution in [0.5, 0.6) is 0 Å². The summed E-state index contributed by atoms with van der Waals surface area (Å²) in [6.07, 6.45) is 0. The van der Waals surface area contributed by atoms with Crippen molar-refractivity contribution in [2.24, 2.45) is 0 Å². The minimum Gasteiger partial charge on any atom is -0.465 e. The molecule has 2 aromatic carbocycles. The monoisotopic (exact) mass is 431 g/mol. The molecular formula is C15H11BrClNO5S. The first-order chi connectivity index (χ1) is 11.2. The van der Waals surface area contributed by atoms with E-state index in [1.165, 1.54) is 49.6 Å². The number of benzene rings is 2. The Balaban J connectivity index is 2.24. The number of hydrogen-bond donors (Lipinski definition) is 1. The molecule has 1 amide bonds. The molecule has 0 spiro atoms. The summed E-state index contributed by atoms with van der Waals surface area (Å²) in [5.74, 6) is -1.40. The number of carbonyl (C=O) groups is 2. The lowest BCUT2D eigenvalue weighted by Crippen LogP contribution is -2.30. The minimum atomic E-state index is -4.09. The Morgan fingerprint density at radius 2 is 1.75 bits per heavy atom. The molecule has 0 bridgehead atoms. The first kappa shape index (κ1) is 18.4. The van der Waals surface area contributed by atoms with Crippen LogP contribution < -0.4 is 4.72 Å². The van der Waals surface area contributed by atoms with E-state index in [-0.39, 0.29) is 16.0 Å². The highest BCUT2D eigenvalue weighted by Gasteiger charge is 2.20. The van der Waals surface area contributed by atoms with Gasteiger partial charge < -0.3 is 4.74 Å². The number of ether oxygens (including phenoxy) is 1. The van der Waals surface area contributed by atoms with E-state index in [9.17, 15) is 18.0 Å². The SMILES string of the molecule is COC(=O)c1ccc(S(=O)(=O)NC(=O)c2ccc(Cl)cc2Br)cc1. The number of rotatable bonds is 4. The molecule has 0 saturated carbocycles. The van der Waals surface area contributed by atoms with Crippen LogP contribution in [0.2, 0.25) is 5.02 Å². The average molecular weight is 433 g/mol. The summed E-state index contributed by atoms with van der Waals surface area (Å²) in [5, 5.41) is 0.402. The molecule has 0 unspecified atom stereocenters. The Bertz CT molecular complexity index is 897. The lowest BCUT2D eigenvalue weighted by molar-refractivity contribution is 0.0600. The Morgan fingerprint density at radius 1 is 1.12 bits per heavy atom. The number of sulfonamides is 1. The lowest BCUT2D eigenvalue weighted by Gasteiger charge is -2.09. The second kappa shape index (κ2) is 7.33. The summed E-state index contributed by atoms with van der Waals surface area (Å²) in [6.45, 7) is 0. The van der Waals surface area contributed by atoms with E-state index < -0.39 is 21.9 Å². The van der Waals surface area contributed by atoms with Crippen LogP contribution in [0, 0.1) is 0 Å². The predicted molar refractivity (Wildman–Crippen MR) is 91.6 cm³/mol. The van der Waals surface area contributed by atoms with E-state index in [1.54, 1.807) is 0 Å². The maximum absolute atomic E-state index is 12.3. The van der Waals surface area contributed by atoms with Gasteiger partial charge in [-0.2, -0.15) is 0 Å². The maximum atomic E-state index is 12.3. The van der Waals surface area contributed by atoms with Crippen LogP contribution >= 0.6 is 27.5 Å². The van der Waals surface area contributed by atoms with E-state index in [1.807, 2.05) is 4.72 Å². The van der Waals surface area contributed by atoms with Gasteiger partial charge in [-0.1, -0.05) is 11.6 Å². The lowest BCUT2D eigenvalue weighted by atomic mass is 10.2. The molecule has 0 aliphatic heterocycles. The van der Waals surface area contributed by atoms with Crippen LogP contribution in [-0.2, 0) is 14.8 Å². The molecule has 126 valence electrons. The topological polar surface area (TPSA) is 89.5 Å². The third-order valence-electron chi connectivity index (χ3n) is 2.99. The fraction of sp³-hybridized carbons (Fsp3) is 0.0667. The van der Waals surface area contributed by atoms with E-state index in [2.05, 4.69) is 20.7 Å². The second-order valence-corrected chi connectivity index (χ2v) is 7.55. The Morgan fingerprint density at radius 3 is 2.29 bits per heavy atom.